The van der Waals surface area contributed by atoms with Crippen LogP contribution in [0.1, 0.15) is 15.2 Å². The highest BCUT2D eigenvalue weighted by molar-refractivity contribution is 8.00. The summed E-state index contributed by atoms with van der Waals surface area (Å²) in [6.45, 7) is 2.60. The minimum Gasteiger partial charge on any atom is -0.495 e. The van der Waals surface area contributed by atoms with Crippen molar-refractivity contribution in [3.8, 4) is 5.75 Å². The lowest BCUT2D eigenvalue weighted by Gasteiger charge is -2.29. The third-order valence-electron chi connectivity index (χ3n) is 5.26. The summed E-state index contributed by atoms with van der Waals surface area (Å²) in [6.07, 6.45) is -2.35. The molecule has 192 valence electrons. The van der Waals surface area contributed by atoms with Gasteiger partial charge >= 0.3 is 12.1 Å². The smallest absolute Gasteiger partial charge is 0.419 e. The number of thioether (sulfide) groups is 1. The Balaban J connectivity index is 1.70. The van der Waals surface area contributed by atoms with E-state index in [1.165, 1.54) is 18.9 Å². The fourth-order valence-corrected chi connectivity index (χ4v) is 4.91. The molecule has 3 heterocycles. The van der Waals surface area contributed by atoms with Gasteiger partial charge in [-0.2, -0.15) is 13.2 Å². The standard InChI is InChI=1S/C22H22F3N5O4S2/c1-33-16-4-3-12(30-5-7-34-8-6-30)9-15(16)27-17-10-14(13(11-26-17)22(23,24)25)28-19-18(20(31)32)36-21(29-19)35-2/h3-4,9-11H,5-8H2,1-2H3,(H,31,32)(H2,26,27,28). The molecule has 0 aliphatic carbocycles. The molecule has 0 spiro atoms. The van der Waals surface area contributed by atoms with E-state index in [1.807, 2.05) is 12.1 Å². The number of hydrogen-bond acceptors (Lipinski definition) is 10. The second-order valence-corrected chi connectivity index (χ2v) is 9.57. The normalized spacial score (nSPS) is 14.0. The molecular weight excluding hydrogens is 519 g/mol. The summed E-state index contributed by atoms with van der Waals surface area (Å²) in [5, 5.41) is 15.0. The first-order valence-electron chi connectivity index (χ1n) is 10.6. The molecule has 0 radical (unpaired) electrons. The molecule has 1 aromatic carbocycles. The third-order valence-corrected chi connectivity index (χ3v) is 7.29. The van der Waals surface area contributed by atoms with Crippen molar-refractivity contribution < 1.29 is 32.5 Å². The summed E-state index contributed by atoms with van der Waals surface area (Å²) < 4.78 is 52.4. The molecule has 1 aliphatic rings. The van der Waals surface area contributed by atoms with Crippen LogP contribution in [-0.2, 0) is 10.9 Å². The molecule has 9 nitrogen and oxygen atoms in total. The van der Waals surface area contributed by atoms with Gasteiger partial charge in [0.1, 0.15) is 11.6 Å². The number of hydrogen-bond donors (Lipinski definition) is 3. The summed E-state index contributed by atoms with van der Waals surface area (Å²) in [4.78, 5) is 21.6. The Bertz CT molecular complexity index is 1250. The molecule has 0 bridgehead atoms. The number of alkyl halides is 3. The Labute approximate surface area is 212 Å². The van der Waals surface area contributed by atoms with E-state index in [0.717, 1.165) is 23.1 Å². The van der Waals surface area contributed by atoms with Gasteiger partial charge in [-0.25, -0.2) is 14.8 Å². The third kappa shape index (κ3) is 5.77. The van der Waals surface area contributed by atoms with Crippen molar-refractivity contribution in [2.24, 2.45) is 0 Å². The number of carboxylic acids is 1. The zero-order chi connectivity index (χ0) is 25.9. The number of ether oxygens (including phenoxy) is 2. The van der Waals surface area contributed by atoms with Crippen molar-refractivity contribution in [2.75, 3.05) is 55.2 Å². The van der Waals surface area contributed by atoms with Gasteiger partial charge in [0, 0.05) is 31.0 Å². The average molecular weight is 542 g/mol. The van der Waals surface area contributed by atoms with E-state index in [2.05, 4.69) is 25.5 Å². The van der Waals surface area contributed by atoms with Crippen LogP contribution in [0, 0.1) is 0 Å². The lowest BCUT2D eigenvalue weighted by Crippen LogP contribution is -2.36. The molecule has 1 aliphatic heterocycles. The van der Waals surface area contributed by atoms with Gasteiger partial charge in [-0.3, -0.25) is 0 Å². The molecule has 4 rings (SSSR count). The lowest BCUT2D eigenvalue weighted by atomic mass is 10.2. The monoisotopic (exact) mass is 541 g/mol. The van der Waals surface area contributed by atoms with Crippen molar-refractivity contribution in [3.63, 3.8) is 0 Å². The first kappa shape index (κ1) is 25.9. The zero-order valence-corrected chi connectivity index (χ0v) is 20.8. The molecule has 3 N–H and O–H groups in total. The van der Waals surface area contributed by atoms with Gasteiger partial charge in [-0.1, -0.05) is 23.1 Å². The van der Waals surface area contributed by atoms with Crippen molar-refractivity contribution in [1.82, 2.24) is 9.97 Å². The molecule has 0 atom stereocenters. The van der Waals surface area contributed by atoms with Gasteiger partial charge in [0.15, 0.2) is 15.0 Å². The molecule has 1 saturated heterocycles. The molecule has 0 saturated carbocycles. The summed E-state index contributed by atoms with van der Waals surface area (Å²) in [7, 11) is 1.49. The van der Waals surface area contributed by atoms with Crippen LogP contribution in [0.25, 0.3) is 0 Å². The molecule has 0 amide bonds. The minimum atomic E-state index is -4.73. The quantitative estimate of drug-likeness (QED) is 0.325. The number of carbonyl (C=O) groups is 1. The SMILES string of the molecule is COc1ccc(N2CCOCC2)cc1Nc1cc(Nc2nc(SC)sc2C(=O)O)c(C(F)(F)F)cn1. The fraction of sp³-hybridized carbons (Fsp3) is 0.318. The number of benzene rings is 1. The largest absolute Gasteiger partial charge is 0.495 e. The number of thiazole rings is 1. The highest BCUT2D eigenvalue weighted by Gasteiger charge is 2.35. The number of nitrogens with one attached hydrogen (secondary N) is 2. The van der Waals surface area contributed by atoms with Gasteiger partial charge in [0.05, 0.1) is 37.3 Å². The first-order valence-corrected chi connectivity index (χ1v) is 12.6. The van der Waals surface area contributed by atoms with E-state index in [-0.39, 0.29) is 22.2 Å². The zero-order valence-electron chi connectivity index (χ0n) is 19.2. The molecule has 2 aromatic heterocycles. The van der Waals surface area contributed by atoms with E-state index in [1.54, 1.807) is 12.3 Å². The summed E-state index contributed by atoms with van der Waals surface area (Å²) >= 11 is 2.07. The maximum atomic E-state index is 13.7. The Hall–Kier alpha value is -3.23. The number of methoxy groups -OCH3 is 1. The molecule has 1 fully saturated rings. The Morgan fingerprint density at radius 3 is 2.61 bits per heavy atom. The van der Waals surface area contributed by atoms with Crippen LogP contribution in [0.2, 0.25) is 0 Å². The summed E-state index contributed by atoms with van der Waals surface area (Å²) in [5.74, 6) is -0.895. The van der Waals surface area contributed by atoms with E-state index in [0.29, 0.717) is 48.3 Å². The summed E-state index contributed by atoms with van der Waals surface area (Å²) in [5.41, 5.74) is -0.0462. The number of aromatic nitrogens is 2. The van der Waals surface area contributed by atoms with Crippen molar-refractivity contribution in [1.29, 1.82) is 0 Å². The maximum Gasteiger partial charge on any atom is 0.419 e. The van der Waals surface area contributed by atoms with Crippen LogP contribution >= 0.6 is 23.1 Å². The minimum absolute atomic E-state index is 0.0973. The predicted molar refractivity (Wildman–Crippen MR) is 133 cm³/mol. The number of anilines is 5. The molecule has 0 unspecified atom stereocenters. The Morgan fingerprint density at radius 2 is 1.97 bits per heavy atom. The van der Waals surface area contributed by atoms with Crippen LogP contribution in [0.5, 0.6) is 5.75 Å². The number of halogens is 3. The second-order valence-electron chi connectivity index (χ2n) is 7.51. The predicted octanol–water partition coefficient (Wildman–Crippen LogP) is 5.31. The number of morpholine rings is 1. The van der Waals surface area contributed by atoms with Gasteiger partial charge < -0.3 is 30.1 Å². The fourth-order valence-electron chi connectivity index (χ4n) is 3.55. The van der Waals surface area contributed by atoms with Gasteiger partial charge in [-0.05, 0) is 24.5 Å². The van der Waals surface area contributed by atoms with E-state index < -0.39 is 17.7 Å². The molecule has 36 heavy (non-hydrogen) atoms. The van der Waals surface area contributed by atoms with E-state index in [9.17, 15) is 23.1 Å². The van der Waals surface area contributed by atoms with Crippen LogP contribution in [0.4, 0.5) is 41.9 Å². The van der Waals surface area contributed by atoms with Gasteiger partial charge in [0.2, 0.25) is 0 Å². The van der Waals surface area contributed by atoms with Gasteiger partial charge in [-0.15, -0.1) is 0 Å². The number of aromatic carboxylic acids is 1. The van der Waals surface area contributed by atoms with Gasteiger partial charge in [0.25, 0.3) is 0 Å². The van der Waals surface area contributed by atoms with Crippen LogP contribution < -0.4 is 20.3 Å². The van der Waals surface area contributed by atoms with Crippen LogP contribution in [-0.4, -0.2) is 60.7 Å². The summed E-state index contributed by atoms with van der Waals surface area (Å²) in [6, 6.07) is 6.63. The Kier molecular flexibility index (Phi) is 7.76. The average Bonchev–Trinajstić information content (AvgIpc) is 3.27. The molecular formula is C22H22F3N5O4S2. The first-order chi connectivity index (χ1) is 17.2. The van der Waals surface area contributed by atoms with Crippen LogP contribution in [0.3, 0.4) is 0 Å². The van der Waals surface area contributed by atoms with Crippen molar-refractivity contribution in [2.45, 2.75) is 10.5 Å². The highest BCUT2D eigenvalue weighted by atomic mass is 32.2. The number of pyridine rings is 1. The van der Waals surface area contributed by atoms with E-state index in [4.69, 9.17) is 9.47 Å². The van der Waals surface area contributed by atoms with Crippen LogP contribution in [0.15, 0.2) is 34.8 Å². The molecule has 14 heteroatoms. The van der Waals surface area contributed by atoms with Crippen molar-refractivity contribution >= 4 is 57.8 Å². The van der Waals surface area contributed by atoms with E-state index >= 15 is 0 Å². The molecule has 3 aromatic rings. The lowest BCUT2D eigenvalue weighted by molar-refractivity contribution is -0.137. The number of nitrogens with zero attached hydrogens (tertiary/aromatic N) is 3. The second kappa shape index (κ2) is 10.8. The number of carboxylic acid groups (broad SMARTS) is 1. The highest BCUT2D eigenvalue weighted by Crippen LogP contribution is 2.40. The maximum absolute atomic E-state index is 13.7. The number of rotatable bonds is 8. The Morgan fingerprint density at radius 1 is 1.22 bits per heavy atom. The van der Waals surface area contributed by atoms with Crippen molar-refractivity contribution in [3.05, 3.63) is 40.9 Å². The topological polar surface area (TPSA) is 109 Å².